The van der Waals surface area contributed by atoms with Crippen LogP contribution in [0.15, 0.2) is 97.1 Å². The molecule has 35 heavy (non-hydrogen) atoms. The number of carbonyl (C=O) groups excluding carboxylic acids is 1. The first-order valence-corrected chi connectivity index (χ1v) is 11.8. The SMILES string of the molecule is CCN(C(=O)CCc1cccc2c(OCC(=O)O)cccc12)C(c1ccccc1)c1ccccc1. The summed E-state index contributed by atoms with van der Waals surface area (Å²) in [5.41, 5.74) is 3.20. The number of carbonyl (C=O) groups is 2. The Morgan fingerprint density at radius 1 is 0.800 bits per heavy atom. The molecule has 1 amide bonds. The summed E-state index contributed by atoms with van der Waals surface area (Å²) < 4.78 is 5.47. The van der Waals surface area contributed by atoms with Crippen molar-refractivity contribution in [2.75, 3.05) is 13.2 Å². The summed E-state index contributed by atoms with van der Waals surface area (Å²) in [5, 5.41) is 10.8. The fourth-order valence-electron chi connectivity index (χ4n) is 4.54. The Morgan fingerprint density at radius 2 is 1.40 bits per heavy atom. The summed E-state index contributed by atoms with van der Waals surface area (Å²) in [7, 11) is 0. The molecule has 178 valence electrons. The monoisotopic (exact) mass is 467 g/mol. The van der Waals surface area contributed by atoms with Gasteiger partial charge in [0, 0.05) is 18.4 Å². The van der Waals surface area contributed by atoms with Gasteiger partial charge in [0.1, 0.15) is 5.75 Å². The Labute approximate surface area is 205 Å². The molecule has 0 aliphatic rings. The highest BCUT2D eigenvalue weighted by atomic mass is 16.5. The third-order valence-electron chi connectivity index (χ3n) is 6.14. The standard InChI is InChI=1S/C30H29NO4/c1-2-31(30(23-11-5-3-6-12-23)24-13-7-4-8-14-24)28(32)20-19-22-15-9-17-26-25(22)16-10-18-27(26)35-21-29(33)34/h3-18,30H,2,19-21H2,1H3,(H,33,34). The molecule has 0 aliphatic carbocycles. The van der Waals surface area contributed by atoms with Crippen LogP contribution in [-0.4, -0.2) is 35.0 Å². The number of carboxylic acids is 1. The van der Waals surface area contributed by atoms with Crippen molar-refractivity contribution in [1.82, 2.24) is 4.90 Å². The lowest BCUT2D eigenvalue weighted by Crippen LogP contribution is -2.35. The molecule has 5 heteroatoms. The lowest BCUT2D eigenvalue weighted by atomic mass is 9.96. The Kier molecular flexibility index (Phi) is 7.78. The zero-order valence-corrected chi connectivity index (χ0v) is 19.8. The van der Waals surface area contributed by atoms with Gasteiger partial charge in [-0.1, -0.05) is 91.0 Å². The van der Waals surface area contributed by atoms with Gasteiger partial charge in [0.2, 0.25) is 5.91 Å². The van der Waals surface area contributed by atoms with Gasteiger partial charge in [-0.25, -0.2) is 4.79 Å². The highest BCUT2D eigenvalue weighted by Gasteiger charge is 2.25. The topological polar surface area (TPSA) is 66.8 Å². The summed E-state index contributed by atoms with van der Waals surface area (Å²) in [6.45, 7) is 2.21. The van der Waals surface area contributed by atoms with Gasteiger partial charge in [0.25, 0.3) is 0 Å². The van der Waals surface area contributed by atoms with E-state index in [1.807, 2.05) is 78.6 Å². The van der Waals surface area contributed by atoms with Crippen molar-refractivity contribution in [3.63, 3.8) is 0 Å². The van der Waals surface area contributed by atoms with E-state index in [1.54, 1.807) is 6.07 Å². The van der Waals surface area contributed by atoms with Crippen LogP contribution in [0.1, 0.15) is 36.1 Å². The van der Waals surface area contributed by atoms with Gasteiger partial charge in [-0.05, 0) is 41.5 Å². The normalized spacial score (nSPS) is 10.9. The Bertz CT molecular complexity index is 1250. The second kappa shape index (κ2) is 11.3. The maximum absolute atomic E-state index is 13.6. The van der Waals surface area contributed by atoms with Crippen LogP contribution in [0.5, 0.6) is 5.75 Å². The number of hydrogen-bond acceptors (Lipinski definition) is 3. The number of ether oxygens (including phenoxy) is 1. The second-order valence-corrected chi connectivity index (χ2v) is 8.35. The first-order valence-electron chi connectivity index (χ1n) is 11.8. The van der Waals surface area contributed by atoms with Crippen LogP contribution in [-0.2, 0) is 16.0 Å². The summed E-state index contributed by atoms with van der Waals surface area (Å²) in [4.78, 5) is 26.4. The molecule has 0 aliphatic heterocycles. The predicted molar refractivity (Wildman–Crippen MR) is 138 cm³/mol. The van der Waals surface area contributed by atoms with Gasteiger partial charge in [-0.3, -0.25) is 4.79 Å². The first-order chi connectivity index (χ1) is 17.1. The van der Waals surface area contributed by atoms with Crippen molar-refractivity contribution in [3.8, 4) is 5.75 Å². The molecule has 0 aromatic heterocycles. The van der Waals surface area contributed by atoms with E-state index in [2.05, 4.69) is 24.3 Å². The maximum Gasteiger partial charge on any atom is 0.341 e. The number of carboxylic acid groups (broad SMARTS) is 1. The average molecular weight is 468 g/mol. The molecule has 0 spiro atoms. The molecule has 0 fully saturated rings. The van der Waals surface area contributed by atoms with E-state index in [0.29, 0.717) is 25.1 Å². The number of rotatable bonds is 10. The van der Waals surface area contributed by atoms with Crippen LogP contribution in [0.25, 0.3) is 10.8 Å². The molecule has 0 unspecified atom stereocenters. The summed E-state index contributed by atoms with van der Waals surface area (Å²) in [6.07, 6.45) is 0.939. The smallest absolute Gasteiger partial charge is 0.341 e. The molecular formula is C30H29NO4. The highest BCUT2D eigenvalue weighted by molar-refractivity contribution is 5.91. The van der Waals surface area contributed by atoms with E-state index in [0.717, 1.165) is 27.5 Å². The number of hydrogen-bond donors (Lipinski definition) is 1. The van der Waals surface area contributed by atoms with Crippen molar-refractivity contribution in [2.45, 2.75) is 25.8 Å². The molecule has 0 radical (unpaired) electrons. The van der Waals surface area contributed by atoms with E-state index in [9.17, 15) is 9.59 Å². The minimum absolute atomic E-state index is 0.0838. The van der Waals surface area contributed by atoms with Crippen LogP contribution in [0.4, 0.5) is 0 Å². The minimum Gasteiger partial charge on any atom is -0.481 e. The number of fused-ring (bicyclic) bond motifs is 1. The van der Waals surface area contributed by atoms with Crippen molar-refractivity contribution in [2.24, 2.45) is 0 Å². The number of aliphatic carboxylic acids is 1. The Morgan fingerprint density at radius 3 is 2.00 bits per heavy atom. The summed E-state index contributed by atoms with van der Waals surface area (Å²) >= 11 is 0. The van der Waals surface area contributed by atoms with E-state index in [4.69, 9.17) is 9.84 Å². The molecule has 0 bridgehead atoms. The molecular weight excluding hydrogens is 438 g/mol. The highest BCUT2D eigenvalue weighted by Crippen LogP contribution is 2.31. The van der Waals surface area contributed by atoms with Gasteiger partial charge in [-0.2, -0.15) is 0 Å². The summed E-state index contributed by atoms with van der Waals surface area (Å²) in [5.74, 6) is -0.406. The Hall–Kier alpha value is -4.12. The van der Waals surface area contributed by atoms with Gasteiger partial charge in [0.15, 0.2) is 6.61 Å². The lowest BCUT2D eigenvalue weighted by Gasteiger charge is -2.32. The molecule has 0 heterocycles. The van der Waals surface area contributed by atoms with E-state index in [-0.39, 0.29) is 11.9 Å². The van der Waals surface area contributed by atoms with Crippen LogP contribution in [0.3, 0.4) is 0 Å². The van der Waals surface area contributed by atoms with E-state index in [1.165, 1.54) is 0 Å². The van der Waals surface area contributed by atoms with E-state index >= 15 is 0 Å². The van der Waals surface area contributed by atoms with Crippen molar-refractivity contribution >= 4 is 22.6 Å². The molecule has 0 atom stereocenters. The largest absolute Gasteiger partial charge is 0.481 e. The number of amides is 1. The molecule has 0 saturated carbocycles. The third-order valence-corrected chi connectivity index (χ3v) is 6.14. The zero-order valence-electron chi connectivity index (χ0n) is 19.8. The van der Waals surface area contributed by atoms with Crippen molar-refractivity contribution in [3.05, 3.63) is 114 Å². The van der Waals surface area contributed by atoms with Crippen LogP contribution in [0.2, 0.25) is 0 Å². The number of nitrogens with zero attached hydrogens (tertiary/aromatic N) is 1. The average Bonchev–Trinajstić information content (AvgIpc) is 2.90. The Balaban J connectivity index is 1.58. The van der Waals surface area contributed by atoms with Crippen molar-refractivity contribution in [1.29, 1.82) is 0 Å². The lowest BCUT2D eigenvalue weighted by molar-refractivity contribution is -0.139. The van der Waals surface area contributed by atoms with Gasteiger partial charge in [0.05, 0.1) is 6.04 Å². The quantitative estimate of drug-likeness (QED) is 0.317. The third kappa shape index (κ3) is 5.69. The first kappa shape index (κ1) is 24.0. The second-order valence-electron chi connectivity index (χ2n) is 8.35. The fraction of sp³-hybridized carbons (Fsp3) is 0.200. The molecule has 0 saturated heterocycles. The van der Waals surface area contributed by atoms with Crippen LogP contribution in [0, 0.1) is 0 Å². The van der Waals surface area contributed by atoms with Crippen LogP contribution < -0.4 is 4.74 Å². The molecule has 1 N–H and O–H groups in total. The summed E-state index contributed by atoms with van der Waals surface area (Å²) in [6, 6.07) is 31.5. The van der Waals surface area contributed by atoms with Crippen molar-refractivity contribution < 1.29 is 19.4 Å². The number of aryl methyl sites for hydroxylation is 1. The fourth-order valence-corrected chi connectivity index (χ4v) is 4.54. The van der Waals surface area contributed by atoms with E-state index < -0.39 is 12.6 Å². The number of benzene rings is 4. The maximum atomic E-state index is 13.6. The molecule has 4 aromatic rings. The van der Waals surface area contributed by atoms with Crippen LogP contribution >= 0.6 is 0 Å². The molecule has 5 nitrogen and oxygen atoms in total. The van der Waals surface area contributed by atoms with Gasteiger partial charge < -0.3 is 14.7 Å². The molecule has 4 aromatic carbocycles. The predicted octanol–water partition coefficient (Wildman–Crippen LogP) is 5.87. The zero-order chi connectivity index (χ0) is 24.6. The minimum atomic E-state index is -1.02. The molecule has 4 rings (SSSR count). The van der Waals surface area contributed by atoms with Gasteiger partial charge >= 0.3 is 5.97 Å². The van der Waals surface area contributed by atoms with Gasteiger partial charge in [-0.15, -0.1) is 0 Å².